The van der Waals surface area contributed by atoms with Crippen LogP contribution in [0.2, 0.25) is 0 Å². The van der Waals surface area contributed by atoms with Gasteiger partial charge >= 0.3 is 5.97 Å². The lowest BCUT2D eigenvalue weighted by Crippen LogP contribution is -2.27. The van der Waals surface area contributed by atoms with Crippen LogP contribution in [-0.4, -0.2) is 22.1 Å². The zero-order chi connectivity index (χ0) is 8.31. The first kappa shape index (κ1) is 9.88. The molecule has 0 aliphatic heterocycles. The van der Waals surface area contributed by atoms with Gasteiger partial charge in [0.2, 0.25) is 0 Å². The van der Waals surface area contributed by atoms with Gasteiger partial charge in [-0.3, -0.25) is 4.79 Å². The predicted octanol–water partition coefficient (Wildman–Crippen LogP) is 1.83. The Kier molecular flexibility index (Phi) is 3.86. The Hall–Kier alpha value is -0.120. The quantitative estimate of drug-likeness (QED) is 0.726. The maximum Gasteiger partial charge on any atom is 0.317 e. The molecule has 3 unspecified atom stereocenters. The number of carboxylic acid groups (broad SMARTS) is 1. The van der Waals surface area contributed by atoms with Crippen LogP contribution in [0.3, 0.4) is 0 Å². The van der Waals surface area contributed by atoms with E-state index >= 15 is 0 Å². The number of rotatable bonds is 3. The fourth-order valence-corrected chi connectivity index (χ4v) is 0.878. The van der Waals surface area contributed by atoms with E-state index in [0.717, 1.165) is 0 Å². The van der Waals surface area contributed by atoms with Gasteiger partial charge in [-0.15, -0.1) is 0 Å². The summed E-state index contributed by atoms with van der Waals surface area (Å²) in [6, 6.07) is 0. The zero-order valence-electron chi connectivity index (χ0n) is 5.84. The number of halogens is 2. The first-order chi connectivity index (χ1) is 4.46. The van der Waals surface area contributed by atoms with Crippen molar-refractivity contribution in [3.05, 3.63) is 0 Å². The lowest BCUT2D eigenvalue weighted by molar-refractivity contribution is -0.137. The first-order valence-electron chi connectivity index (χ1n) is 2.97. The molecule has 0 saturated heterocycles. The zero-order valence-corrected chi connectivity index (χ0v) is 7.43. The summed E-state index contributed by atoms with van der Waals surface area (Å²) in [5.41, 5.74) is 0. The van der Waals surface area contributed by atoms with Crippen molar-refractivity contribution >= 4 is 21.9 Å². The number of hydrogen-bond donors (Lipinski definition) is 1. The number of hydrogen-bond acceptors (Lipinski definition) is 1. The fraction of sp³-hybridized carbons (Fsp3) is 0.833. The highest BCUT2D eigenvalue weighted by Gasteiger charge is 2.25. The Morgan fingerprint density at radius 2 is 2.00 bits per heavy atom. The molecule has 0 radical (unpaired) electrons. The highest BCUT2D eigenvalue weighted by Crippen LogP contribution is 2.18. The molecule has 0 saturated carbocycles. The number of alkyl halides is 2. The van der Waals surface area contributed by atoms with Crippen LogP contribution < -0.4 is 0 Å². The van der Waals surface area contributed by atoms with Crippen molar-refractivity contribution in [3.8, 4) is 0 Å². The predicted molar refractivity (Wildman–Crippen MR) is 40.1 cm³/mol. The van der Waals surface area contributed by atoms with Gasteiger partial charge in [0, 0.05) is 5.92 Å². The summed E-state index contributed by atoms with van der Waals surface area (Å²) in [5.74, 6) is -1.51. The van der Waals surface area contributed by atoms with Crippen LogP contribution in [0.4, 0.5) is 4.39 Å². The topological polar surface area (TPSA) is 37.3 Å². The van der Waals surface area contributed by atoms with Crippen molar-refractivity contribution in [1.82, 2.24) is 0 Å². The van der Waals surface area contributed by atoms with Crippen molar-refractivity contribution in [3.63, 3.8) is 0 Å². The normalized spacial score (nSPS) is 19.6. The van der Waals surface area contributed by atoms with Gasteiger partial charge in [0.05, 0.1) is 0 Å². The lowest BCUT2D eigenvalue weighted by atomic mass is 10.0. The first-order valence-corrected chi connectivity index (χ1v) is 3.89. The molecule has 60 valence electrons. The number of carbonyl (C=O) groups is 1. The Labute approximate surface area is 67.6 Å². The van der Waals surface area contributed by atoms with Gasteiger partial charge in [-0.1, -0.05) is 22.9 Å². The van der Waals surface area contributed by atoms with Gasteiger partial charge in [0.1, 0.15) is 11.0 Å². The van der Waals surface area contributed by atoms with E-state index in [9.17, 15) is 9.18 Å². The number of aliphatic carboxylic acids is 1. The summed E-state index contributed by atoms with van der Waals surface area (Å²) in [5, 5.41) is 8.39. The molecule has 4 heteroatoms. The van der Waals surface area contributed by atoms with Crippen molar-refractivity contribution in [2.24, 2.45) is 5.92 Å². The van der Waals surface area contributed by atoms with E-state index in [4.69, 9.17) is 5.11 Å². The molecule has 2 nitrogen and oxygen atoms in total. The monoisotopic (exact) mass is 212 g/mol. The Morgan fingerprint density at radius 1 is 1.60 bits per heavy atom. The largest absolute Gasteiger partial charge is 0.480 e. The molecule has 0 aliphatic rings. The van der Waals surface area contributed by atoms with E-state index < -0.39 is 22.9 Å². The van der Waals surface area contributed by atoms with Crippen LogP contribution in [0.25, 0.3) is 0 Å². The summed E-state index contributed by atoms with van der Waals surface area (Å²) >= 11 is 2.87. The minimum Gasteiger partial charge on any atom is -0.480 e. The molecule has 1 N–H and O–H groups in total. The highest BCUT2D eigenvalue weighted by atomic mass is 79.9. The molecule has 0 aromatic heterocycles. The maximum atomic E-state index is 12.4. The van der Waals surface area contributed by atoms with Gasteiger partial charge in [-0.05, 0) is 6.92 Å². The molecule has 0 spiro atoms. The molecule has 0 amide bonds. The second kappa shape index (κ2) is 3.91. The lowest BCUT2D eigenvalue weighted by Gasteiger charge is -2.14. The molecule has 0 aromatic rings. The second-order valence-electron chi connectivity index (χ2n) is 2.28. The highest BCUT2D eigenvalue weighted by molar-refractivity contribution is 9.10. The number of carboxylic acids is 1. The molecule has 0 fully saturated rings. The summed E-state index contributed by atoms with van der Waals surface area (Å²) < 4.78 is 12.4. The fourth-order valence-electron chi connectivity index (χ4n) is 0.458. The molecule has 0 heterocycles. The molecular weight excluding hydrogens is 203 g/mol. The van der Waals surface area contributed by atoms with Crippen molar-refractivity contribution in [2.75, 3.05) is 0 Å². The standard InChI is InChI=1S/C6H10BrFO2/c1-3(4(2)8)5(7)6(9)10/h3-5H,1-2H3,(H,9,10). The van der Waals surface area contributed by atoms with Crippen molar-refractivity contribution in [1.29, 1.82) is 0 Å². The van der Waals surface area contributed by atoms with Gasteiger partial charge < -0.3 is 5.11 Å². The second-order valence-corrected chi connectivity index (χ2v) is 3.26. The van der Waals surface area contributed by atoms with Crippen LogP contribution in [0.15, 0.2) is 0 Å². The van der Waals surface area contributed by atoms with E-state index in [2.05, 4.69) is 15.9 Å². The molecule has 10 heavy (non-hydrogen) atoms. The van der Waals surface area contributed by atoms with Crippen molar-refractivity contribution in [2.45, 2.75) is 24.8 Å². The molecule has 0 rings (SSSR count). The third-order valence-electron chi connectivity index (χ3n) is 1.42. The van der Waals surface area contributed by atoms with E-state index in [1.54, 1.807) is 6.92 Å². The molecule has 0 aliphatic carbocycles. The Balaban J connectivity index is 3.94. The van der Waals surface area contributed by atoms with E-state index in [1.165, 1.54) is 6.92 Å². The smallest absolute Gasteiger partial charge is 0.317 e. The van der Waals surface area contributed by atoms with E-state index in [-0.39, 0.29) is 0 Å². The minimum atomic E-state index is -1.10. The summed E-state index contributed by atoms with van der Waals surface area (Å²) in [6.45, 7) is 2.90. The summed E-state index contributed by atoms with van der Waals surface area (Å²) in [6.07, 6.45) is -1.10. The maximum absolute atomic E-state index is 12.4. The molecular formula is C6H10BrFO2. The van der Waals surface area contributed by atoms with Crippen LogP contribution >= 0.6 is 15.9 Å². The Morgan fingerprint density at radius 3 is 2.10 bits per heavy atom. The average Bonchev–Trinajstić information content (AvgIpc) is 1.84. The van der Waals surface area contributed by atoms with Gasteiger partial charge in [0.15, 0.2) is 0 Å². The summed E-state index contributed by atoms with van der Waals surface area (Å²) in [7, 11) is 0. The SMILES string of the molecule is CC(F)C(C)C(Br)C(=O)O. The third-order valence-corrected chi connectivity index (χ3v) is 2.65. The van der Waals surface area contributed by atoms with Crippen LogP contribution in [0.1, 0.15) is 13.8 Å². The molecule has 0 aromatic carbocycles. The van der Waals surface area contributed by atoms with Crippen molar-refractivity contribution < 1.29 is 14.3 Å². The van der Waals surface area contributed by atoms with Gasteiger partial charge in [-0.2, -0.15) is 0 Å². The summed E-state index contributed by atoms with van der Waals surface area (Å²) in [4.78, 5) is 9.45. The van der Waals surface area contributed by atoms with Crippen LogP contribution in [0.5, 0.6) is 0 Å². The average molecular weight is 213 g/mol. The van der Waals surface area contributed by atoms with E-state index in [0.29, 0.717) is 0 Å². The molecule has 0 bridgehead atoms. The third kappa shape index (κ3) is 2.64. The van der Waals surface area contributed by atoms with Crippen LogP contribution in [0, 0.1) is 5.92 Å². The molecule has 3 atom stereocenters. The Bertz CT molecular complexity index is 127. The van der Waals surface area contributed by atoms with Crippen LogP contribution in [-0.2, 0) is 4.79 Å². The van der Waals surface area contributed by atoms with Gasteiger partial charge in [-0.25, -0.2) is 4.39 Å². The van der Waals surface area contributed by atoms with Gasteiger partial charge in [0.25, 0.3) is 0 Å². The minimum absolute atomic E-state index is 0.488. The van der Waals surface area contributed by atoms with E-state index in [1.807, 2.05) is 0 Å².